The third-order valence-electron chi connectivity index (χ3n) is 2.61. The van der Waals surface area contributed by atoms with E-state index in [1.54, 1.807) is 6.07 Å². The first-order chi connectivity index (χ1) is 8.65. The molecule has 0 aromatic carbocycles. The Hall–Kier alpha value is -1.56. The van der Waals surface area contributed by atoms with Crippen LogP contribution in [0, 0.1) is 5.92 Å². The molecule has 2 N–H and O–H groups in total. The van der Waals surface area contributed by atoms with Gasteiger partial charge in [-0.1, -0.05) is 0 Å². The van der Waals surface area contributed by atoms with Crippen molar-refractivity contribution >= 4 is 23.6 Å². The fourth-order valence-electron chi connectivity index (χ4n) is 1.40. The zero-order valence-electron chi connectivity index (χ0n) is 9.76. The number of aromatic nitrogens is 1. The third-order valence-corrected chi connectivity index (χ3v) is 3.60. The number of carboxylic acid groups (broad SMARTS) is 1. The number of carbonyl (C=O) groups is 2. The van der Waals surface area contributed by atoms with Crippen LogP contribution in [-0.2, 0) is 4.79 Å². The second-order valence-corrected chi connectivity index (χ2v) is 5.27. The van der Waals surface area contributed by atoms with Gasteiger partial charge in [0, 0.05) is 17.6 Å². The van der Waals surface area contributed by atoms with Crippen molar-refractivity contribution in [2.45, 2.75) is 17.7 Å². The predicted octanol–water partition coefficient (Wildman–Crippen LogP) is 1.40. The molecule has 6 heteroatoms. The molecule has 5 nitrogen and oxygen atoms in total. The van der Waals surface area contributed by atoms with E-state index >= 15 is 0 Å². The Kier molecular flexibility index (Phi) is 4.19. The molecule has 1 aromatic heterocycles. The first-order valence-corrected chi connectivity index (χ1v) is 6.72. The molecular weight excluding hydrogens is 252 g/mol. The number of carbonyl (C=O) groups excluding carboxylic acids is 1. The summed E-state index contributed by atoms with van der Waals surface area (Å²) in [6.07, 6.45) is 3.85. The van der Waals surface area contributed by atoms with E-state index in [0.29, 0.717) is 11.7 Å². The first-order valence-electron chi connectivity index (χ1n) is 5.74. The van der Waals surface area contributed by atoms with E-state index in [1.807, 2.05) is 0 Å². The van der Waals surface area contributed by atoms with E-state index in [1.165, 1.54) is 36.9 Å². The number of amides is 1. The van der Waals surface area contributed by atoms with Crippen molar-refractivity contribution in [3.8, 4) is 0 Å². The quantitative estimate of drug-likeness (QED) is 0.761. The van der Waals surface area contributed by atoms with Gasteiger partial charge in [0.05, 0.1) is 5.75 Å². The van der Waals surface area contributed by atoms with Crippen LogP contribution in [0.4, 0.5) is 0 Å². The molecule has 0 aliphatic heterocycles. The van der Waals surface area contributed by atoms with Crippen LogP contribution in [0.2, 0.25) is 0 Å². The van der Waals surface area contributed by atoms with E-state index in [2.05, 4.69) is 10.3 Å². The van der Waals surface area contributed by atoms with Gasteiger partial charge >= 0.3 is 5.97 Å². The molecule has 18 heavy (non-hydrogen) atoms. The largest absolute Gasteiger partial charge is 0.477 e. The van der Waals surface area contributed by atoms with Crippen LogP contribution in [0.1, 0.15) is 23.3 Å². The molecule has 1 amide bonds. The summed E-state index contributed by atoms with van der Waals surface area (Å²) in [5, 5.41) is 11.6. The van der Waals surface area contributed by atoms with E-state index in [4.69, 9.17) is 5.11 Å². The molecule has 1 aliphatic carbocycles. The van der Waals surface area contributed by atoms with Crippen molar-refractivity contribution in [3.63, 3.8) is 0 Å². The molecule has 2 rings (SSSR count). The number of hydrogen-bond donors (Lipinski definition) is 2. The standard InChI is InChI=1S/C12H14N2O3S/c15-11(14-6-8-1-2-8)7-18-9-3-4-13-10(5-9)12(16)17/h3-5,8H,1-2,6-7H2,(H,14,15)(H,16,17). The molecular formula is C12H14N2O3S. The van der Waals surface area contributed by atoms with Gasteiger partial charge in [0.1, 0.15) is 5.69 Å². The minimum Gasteiger partial charge on any atom is -0.477 e. The van der Waals surface area contributed by atoms with Gasteiger partial charge in [-0.25, -0.2) is 9.78 Å². The summed E-state index contributed by atoms with van der Waals surface area (Å²) in [5.41, 5.74) is -0.00149. The van der Waals surface area contributed by atoms with E-state index < -0.39 is 5.97 Å². The molecule has 1 aromatic rings. The molecule has 1 aliphatic rings. The number of pyridine rings is 1. The lowest BCUT2D eigenvalue weighted by atomic mass is 10.3. The molecule has 1 fully saturated rings. The molecule has 0 unspecified atom stereocenters. The van der Waals surface area contributed by atoms with Gasteiger partial charge in [0.2, 0.25) is 5.91 Å². The Bertz CT molecular complexity index is 460. The average molecular weight is 266 g/mol. The maximum Gasteiger partial charge on any atom is 0.354 e. The minimum absolute atomic E-state index is 0.00149. The lowest BCUT2D eigenvalue weighted by Crippen LogP contribution is -2.27. The van der Waals surface area contributed by atoms with Crippen molar-refractivity contribution in [2.24, 2.45) is 5.92 Å². The maximum absolute atomic E-state index is 11.5. The van der Waals surface area contributed by atoms with Crippen molar-refractivity contribution in [3.05, 3.63) is 24.0 Å². The highest BCUT2D eigenvalue weighted by Gasteiger charge is 2.21. The lowest BCUT2D eigenvalue weighted by molar-refractivity contribution is -0.118. The average Bonchev–Trinajstić information content (AvgIpc) is 3.18. The van der Waals surface area contributed by atoms with Crippen molar-refractivity contribution < 1.29 is 14.7 Å². The summed E-state index contributed by atoms with van der Waals surface area (Å²) in [6.45, 7) is 0.760. The lowest BCUT2D eigenvalue weighted by Gasteiger charge is -2.04. The maximum atomic E-state index is 11.5. The van der Waals surface area contributed by atoms with Gasteiger partial charge in [-0.15, -0.1) is 11.8 Å². The number of nitrogens with zero attached hydrogens (tertiary/aromatic N) is 1. The topological polar surface area (TPSA) is 79.3 Å². The fourth-order valence-corrected chi connectivity index (χ4v) is 2.15. The minimum atomic E-state index is -1.06. The van der Waals surface area contributed by atoms with E-state index in [-0.39, 0.29) is 11.6 Å². The molecule has 0 radical (unpaired) electrons. The van der Waals surface area contributed by atoms with Crippen LogP contribution in [0.15, 0.2) is 23.2 Å². The summed E-state index contributed by atoms with van der Waals surface area (Å²) in [6, 6.07) is 3.17. The Labute approximate surface area is 109 Å². The molecule has 0 atom stereocenters. The summed E-state index contributed by atoms with van der Waals surface area (Å²) in [5.74, 6) is -0.106. The predicted molar refractivity (Wildman–Crippen MR) is 67.7 cm³/mol. The van der Waals surface area contributed by atoms with Gasteiger partial charge < -0.3 is 10.4 Å². The van der Waals surface area contributed by atoms with Gasteiger partial charge in [-0.05, 0) is 30.9 Å². The first kappa shape index (κ1) is 12.9. The van der Waals surface area contributed by atoms with Crippen LogP contribution < -0.4 is 5.32 Å². The smallest absolute Gasteiger partial charge is 0.354 e. The van der Waals surface area contributed by atoms with Crippen LogP contribution in [0.3, 0.4) is 0 Å². The highest BCUT2D eigenvalue weighted by Crippen LogP contribution is 2.27. The molecule has 1 saturated carbocycles. The number of hydrogen-bond acceptors (Lipinski definition) is 4. The van der Waals surface area contributed by atoms with Crippen molar-refractivity contribution in [1.82, 2.24) is 10.3 Å². The number of thioether (sulfide) groups is 1. The zero-order valence-corrected chi connectivity index (χ0v) is 10.6. The van der Waals surface area contributed by atoms with Crippen molar-refractivity contribution in [1.29, 1.82) is 0 Å². The summed E-state index contributed by atoms with van der Waals surface area (Å²) < 4.78 is 0. The van der Waals surface area contributed by atoms with Crippen LogP contribution >= 0.6 is 11.8 Å². The van der Waals surface area contributed by atoms with Crippen LogP contribution in [0.5, 0.6) is 0 Å². The Morgan fingerprint density at radius 2 is 2.28 bits per heavy atom. The molecule has 1 heterocycles. The van der Waals surface area contributed by atoms with Gasteiger partial charge in [-0.3, -0.25) is 4.79 Å². The second-order valence-electron chi connectivity index (χ2n) is 4.22. The van der Waals surface area contributed by atoms with E-state index in [9.17, 15) is 9.59 Å². The van der Waals surface area contributed by atoms with Crippen LogP contribution in [0.25, 0.3) is 0 Å². The number of carboxylic acids is 1. The molecule has 0 saturated heterocycles. The van der Waals surface area contributed by atoms with Crippen molar-refractivity contribution in [2.75, 3.05) is 12.3 Å². The third kappa shape index (κ3) is 4.03. The van der Waals surface area contributed by atoms with Gasteiger partial charge in [-0.2, -0.15) is 0 Å². The normalized spacial score (nSPS) is 14.2. The Morgan fingerprint density at radius 3 is 2.94 bits per heavy atom. The Morgan fingerprint density at radius 1 is 1.50 bits per heavy atom. The highest BCUT2D eigenvalue weighted by molar-refractivity contribution is 8.00. The fraction of sp³-hybridized carbons (Fsp3) is 0.417. The zero-order chi connectivity index (χ0) is 13.0. The Balaban J connectivity index is 1.79. The molecule has 96 valence electrons. The second kappa shape index (κ2) is 5.86. The summed E-state index contributed by atoms with van der Waals surface area (Å²) in [4.78, 5) is 26.7. The highest BCUT2D eigenvalue weighted by atomic mass is 32.2. The van der Waals surface area contributed by atoms with E-state index in [0.717, 1.165) is 11.4 Å². The molecule has 0 bridgehead atoms. The number of aromatic carboxylic acids is 1. The molecule has 0 spiro atoms. The summed E-state index contributed by atoms with van der Waals surface area (Å²) >= 11 is 1.32. The summed E-state index contributed by atoms with van der Waals surface area (Å²) in [7, 11) is 0. The number of nitrogens with one attached hydrogen (secondary N) is 1. The monoisotopic (exact) mass is 266 g/mol. The number of rotatable bonds is 6. The van der Waals surface area contributed by atoms with Crippen LogP contribution in [-0.4, -0.2) is 34.3 Å². The van der Waals surface area contributed by atoms with Gasteiger partial charge in [0.15, 0.2) is 0 Å². The van der Waals surface area contributed by atoms with Gasteiger partial charge in [0.25, 0.3) is 0 Å². The SMILES string of the molecule is O=C(CSc1ccnc(C(=O)O)c1)NCC1CC1.